The maximum Gasteiger partial charge on any atom is 0.317 e. The van der Waals surface area contributed by atoms with E-state index in [1.807, 2.05) is 4.90 Å². The number of piperazine rings is 1. The first-order chi connectivity index (χ1) is 10.7. The number of alkyl halides is 1. The monoisotopic (exact) mass is 309 g/mol. The SMILES string of the molecule is O=C(NC12CC3CC(CC(C3)C1)C2)N1CCN(CCF)CC1. The number of urea groups is 1. The van der Waals surface area contributed by atoms with E-state index in [9.17, 15) is 9.18 Å². The van der Waals surface area contributed by atoms with Crippen LogP contribution in [-0.4, -0.2) is 60.8 Å². The third-order valence-corrected chi connectivity index (χ3v) is 6.47. The summed E-state index contributed by atoms with van der Waals surface area (Å²) in [5.74, 6) is 2.56. The molecule has 4 bridgehead atoms. The molecule has 5 fully saturated rings. The van der Waals surface area contributed by atoms with Crippen LogP contribution in [0.3, 0.4) is 0 Å². The van der Waals surface area contributed by atoms with Crippen molar-refractivity contribution in [1.82, 2.24) is 15.1 Å². The molecule has 2 amide bonds. The fraction of sp³-hybridized carbons (Fsp3) is 0.941. The highest BCUT2D eigenvalue weighted by Crippen LogP contribution is 2.55. The van der Waals surface area contributed by atoms with Crippen LogP contribution >= 0.6 is 0 Å². The minimum Gasteiger partial charge on any atom is -0.333 e. The number of carbonyl (C=O) groups excluding carboxylic acids is 1. The predicted octanol–water partition coefficient (Wildman–Crippen LogP) is 2.25. The number of hydrogen-bond donors (Lipinski definition) is 1. The van der Waals surface area contributed by atoms with Gasteiger partial charge >= 0.3 is 6.03 Å². The molecule has 1 saturated heterocycles. The Labute approximate surface area is 132 Å². The zero-order valence-electron chi connectivity index (χ0n) is 13.4. The second-order valence-corrected chi connectivity index (χ2v) is 8.15. The Hall–Kier alpha value is -0.840. The zero-order valence-corrected chi connectivity index (χ0v) is 13.4. The molecule has 1 heterocycles. The summed E-state index contributed by atoms with van der Waals surface area (Å²) >= 11 is 0. The molecule has 4 aliphatic carbocycles. The molecule has 0 spiro atoms. The van der Waals surface area contributed by atoms with Crippen molar-refractivity contribution < 1.29 is 9.18 Å². The average Bonchev–Trinajstić information content (AvgIpc) is 2.46. The summed E-state index contributed by atoms with van der Waals surface area (Å²) in [6.45, 7) is 3.29. The van der Waals surface area contributed by atoms with Gasteiger partial charge < -0.3 is 10.2 Å². The second kappa shape index (κ2) is 5.66. The van der Waals surface area contributed by atoms with Gasteiger partial charge in [0.25, 0.3) is 0 Å². The largest absolute Gasteiger partial charge is 0.333 e. The molecule has 0 atom stereocenters. The van der Waals surface area contributed by atoms with Crippen molar-refractivity contribution >= 4 is 6.03 Å². The second-order valence-electron chi connectivity index (χ2n) is 8.15. The molecule has 5 rings (SSSR count). The number of carbonyl (C=O) groups is 1. The molecule has 4 saturated carbocycles. The maximum absolute atomic E-state index is 12.7. The van der Waals surface area contributed by atoms with Crippen LogP contribution in [-0.2, 0) is 0 Å². The number of nitrogens with zero attached hydrogens (tertiary/aromatic N) is 2. The summed E-state index contributed by atoms with van der Waals surface area (Å²) in [7, 11) is 0. The summed E-state index contributed by atoms with van der Waals surface area (Å²) in [4.78, 5) is 16.7. The number of nitrogens with one attached hydrogen (secondary N) is 1. The van der Waals surface area contributed by atoms with E-state index >= 15 is 0 Å². The molecule has 1 N–H and O–H groups in total. The first-order valence-electron chi connectivity index (χ1n) is 9.01. The van der Waals surface area contributed by atoms with E-state index in [0.717, 1.165) is 43.9 Å². The summed E-state index contributed by atoms with van der Waals surface area (Å²) in [6.07, 6.45) is 7.80. The lowest BCUT2D eigenvalue weighted by Crippen LogP contribution is -2.63. The van der Waals surface area contributed by atoms with Crippen LogP contribution in [0.5, 0.6) is 0 Å². The van der Waals surface area contributed by atoms with Crippen LogP contribution in [0.4, 0.5) is 9.18 Å². The van der Waals surface area contributed by atoms with Gasteiger partial charge in [-0.05, 0) is 56.3 Å². The van der Waals surface area contributed by atoms with Gasteiger partial charge in [-0.15, -0.1) is 0 Å². The van der Waals surface area contributed by atoms with Crippen LogP contribution in [0.2, 0.25) is 0 Å². The molecule has 0 radical (unpaired) electrons. The number of rotatable bonds is 3. The molecule has 0 aromatic heterocycles. The highest BCUT2D eigenvalue weighted by molar-refractivity contribution is 5.75. The number of hydrogen-bond acceptors (Lipinski definition) is 2. The first kappa shape index (κ1) is 14.7. The fourth-order valence-corrected chi connectivity index (χ4v) is 5.86. The standard InChI is InChI=1S/C17H28FN3O/c18-1-2-20-3-5-21(6-4-20)16(22)19-17-10-13-7-14(11-17)9-15(8-13)12-17/h13-15H,1-12H2,(H,19,22). The molecule has 0 unspecified atom stereocenters. The lowest BCUT2D eigenvalue weighted by molar-refractivity contribution is -0.0164. The van der Waals surface area contributed by atoms with E-state index in [4.69, 9.17) is 0 Å². The van der Waals surface area contributed by atoms with Crippen molar-refractivity contribution in [3.05, 3.63) is 0 Å². The molecule has 22 heavy (non-hydrogen) atoms. The van der Waals surface area contributed by atoms with E-state index in [2.05, 4.69) is 10.2 Å². The average molecular weight is 309 g/mol. The van der Waals surface area contributed by atoms with Crippen molar-refractivity contribution in [1.29, 1.82) is 0 Å². The molecular formula is C17H28FN3O. The minimum atomic E-state index is -0.292. The highest BCUT2D eigenvalue weighted by Gasteiger charge is 2.51. The van der Waals surface area contributed by atoms with Gasteiger partial charge in [0.2, 0.25) is 0 Å². The molecule has 0 aromatic rings. The van der Waals surface area contributed by atoms with Gasteiger partial charge in [0.1, 0.15) is 6.67 Å². The van der Waals surface area contributed by atoms with E-state index < -0.39 is 0 Å². The van der Waals surface area contributed by atoms with E-state index in [0.29, 0.717) is 6.54 Å². The molecule has 5 aliphatic rings. The van der Waals surface area contributed by atoms with Gasteiger partial charge in [-0.25, -0.2) is 9.18 Å². The normalized spacial score (nSPS) is 41.0. The quantitative estimate of drug-likeness (QED) is 0.868. The van der Waals surface area contributed by atoms with Crippen molar-refractivity contribution in [3.8, 4) is 0 Å². The first-order valence-corrected chi connectivity index (χ1v) is 9.01. The molecule has 4 nitrogen and oxygen atoms in total. The van der Waals surface area contributed by atoms with Gasteiger partial charge in [0, 0.05) is 38.3 Å². The van der Waals surface area contributed by atoms with E-state index in [1.54, 1.807) is 0 Å². The minimum absolute atomic E-state index is 0.0991. The number of halogens is 1. The van der Waals surface area contributed by atoms with Gasteiger partial charge in [0.15, 0.2) is 0 Å². The fourth-order valence-electron chi connectivity index (χ4n) is 5.86. The number of amides is 2. The smallest absolute Gasteiger partial charge is 0.317 e. The Morgan fingerprint density at radius 2 is 1.55 bits per heavy atom. The third-order valence-electron chi connectivity index (χ3n) is 6.47. The Kier molecular flexibility index (Phi) is 3.79. The molecule has 1 aliphatic heterocycles. The molecule has 0 aromatic carbocycles. The van der Waals surface area contributed by atoms with Gasteiger partial charge in [0.05, 0.1) is 0 Å². The van der Waals surface area contributed by atoms with E-state index in [-0.39, 0.29) is 18.2 Å². The Morgan fingerprint density at radius 3 is 2.05 bits per heavy atom. The summed E-state index contributed by atoms with van der Waals surface area (Å²) in [5.41, 5.74) is 0.0991. The Balaban J connectivity index is 1.35. The third kappa shape index (κ3) is 2.72. The van der Waals surface area contributed by atoms with Crippen LogP contribution in [0.15, 0.2) is 0 Å². The highest BCUT2D eigenvalue weighted by atomic mass is 19.1. The van der Waals surface area contributed by atoms with Crippen LogP contribution in [0.1, 0.15) is 38.5 Å². The summed E-state index contributed by atoms with van der Waals surface area (Å²) in [6, 6.07) is 0.127. The van der Waals surface area contributed by atoms with Crippen LogP contribution < -0.4 is 5.32 Å². The lowest BCUT2D eigenvalue weighted by atomic mass is 9.53. The summed E-state index contributed by atoms with van der Waals surface area (Å²) < 4.78 is 12.4. The van der Waals surface area contributed by atoms with Crippen LogP contribution in [0.25, 0.3) is 0 Å². The Bertz CT molecular complexity index is 398. The van der Waals surface area contributed by atoms with Crippen molar-refractivity contribution in [2.75, 3.05) is 39.4 Å². The molecular weight excluding hydrogens is 281 g/mol. The Morgan fingerprint density at radius 1 is 1.00 bits per heavy atom. The predicted molar refractivity (Wildman–Crippen MR) is 83.4 cm³/mol. The van der Waals surface area contributed by atoms with Crippen molar-refractivity contribution in [3.63, 3.8) is 0 Å². The van der Waals surface area contributed by atoms with Gasteiger partial charge in [-0.1, -0.05) is 0 Å². The molecule has 124 valence electrons. The molecule has 5 heteroatoms. The van der Waals surface area contributed by atoms with Crippen molar-refractivity contribution in [2.24, 2.45) is 17.8 Å². The van der Waals surface area contributed by atoms with Crippen LogP contribution in [0, 0.1) is 17.8 Å². The van der Waals surface area contributed by atoms with Gasteiger partial charge in [-0.3, -0.25) is 4.90 Å². The van der Waals surface area contributed by atoms with Gasteiger partial charge in [-0.2, -0.15) is 0 Å². The van der Waals surface area contributed by atoms with Crippen molar-refractivity contribution in [2.45, 2.75) is 44.1 Å². The summed E-state index contributed by atoms with van der Waals surface area (Å²) in [5, 5.41) is 3.44. The zero-order chi connectivity index (χ0) is 15.2. The topological polar surface area (TPSA) is 35.6 Å². The van der Waals surface area contributed by atoms with E-state index in [1.165, 1.54) is 38.5 Å². The maximum atomic E-state index is 12.7. The lowest BCUT2D eigenvalue weighted by Gasteiger charge is -2.57.